The number of rotatable bonds is 6. The minimum absolute atomic E-state index is 0.0418. The van der Waals surface area contributed by atoms with Gasteiger partial charge in [-0.2, -0.15) is 0 Å². The van der Waals surface area contributed by atoms with Gasteiger partial charge in [0.1, 0.15) is 0 Å². The molecule has 1 N–H and O–H groups in total. The van der Waals surface area contributed by atoms with Crippen LogP contribution >= 0.6 is 23.2 Å². The maximum atomic E-state index is 12.5. The monoisotopic (exact) mass is 378 g/mol. The van der Waals surface area contributed by atoms with Crippen LogP contribution in [0.5, 0.6) is 0 Å². The van der Waals surface area contributed by atoms with Gasteiger partial charge < -0.3 is 5.32 Å². The van der Waals surface area contributed by atoms with Gasteiger partial charge in [-0.25, -0.2) is 0 Å². The highest BCUT2D eigenvalue weighted by atomic mass is 35.5. The second kappa shape index (κ2) is 8.70. The Morgan fingerprint density at radius 2 is 1.68 bits per heavy atom. The molecule has 0 heterocycles. The fourth-order valence-electron chi connectivity index (χ4n) is 2.46. The van der Waals surface area contributed by atoms with E-state index in [1.165, 1.54) is 5.56 Å². The number of carbonyl (C=O) groups excluding carboxylic acids is 1. The number of nitrogens with zero attached hydrogens (tertiary/aromatic N) is 1. The van der Waals surface area contributed by atoms with Crippen LogP contribution in [0.4, 0.5) is 5.69 Å². The molecule has 0 aliphatic carbocycles. The van der Waals surface area contributed by atoms with Crippen LogP contribution in [-0.2, 0) is 11.3 Å². The molecule has 0 aliphatic rings. The van der Waals surface area contributed by atoms with Crippen LogP contribution in [0.15, 0.2) is 42.5 Å². The first-order valence-corrected chi connectivity index (χ1v) is 9.08. The molecule has 0 spiro atoms. The van der Waals surface area contributed by atoms with Gasteiger partial charge in [0.2, 0.25) is 5.91 Å². The summed E-state index contributed by atoms with van der Waals surface area (Å²) in [4.78, 5) is 14.5. The second-order valence-electron chi connectivity index (χ2n) is 6.61. The van der Waals surface area contributed by atoms with E-state index in [0.29, 0.717) is 22.5 Å². The summed E-state index contributed by atoms with van der Waals surface area (Å²) in [6.07, 6.45) is 0. The topological polar surface area (TPSA) is 32.3 Å². The number of anilines is 1. The number of amides is 1. The molecular formula is C20H24Cl2N2O. The lowest BCUT2D eigenvalue weighted by Crippen LogP contribution is -2.39. The van der Waals surface area contributed by atoms with Gasteiger partial charge in [0, 0.05) is 12.2 Å². The van der Waals surface area contributed by atoms with Gasteiger partial charge in [0.25, 0.3) is 0 Å². The van der Waals surface area contributed by atoms with Crippen LogP contribution < -0.4 is 5.32 Å². The Bertz CT molecular complexity index is 729. The molecule has 0 saturated carbocycles. The molecular weight excluding hydrogens is 355 g/mol. The SMILES string of the molecule is CC(C)c1ccc(NC(=O)[C@H](C)N(C)Cc2ccc(Cl)c(Cl)c2)cc1. The Balaban J connectivity index is 1.97. The van der Waals surface area contributed by atoms with Crippen molar-refractivity contribution < 1.29 is 4.79 Å². The van der Waals surface area contributed by atoms with Crippen molar-refractivity contribution in [1.29, 1.82) is 0 Å². The minimum atomic E-state index is -0.278. The van der Waals surface area contributed by atoms with E-state index in [9.17, 15) is 4.79 Å². The van der Waals surface area contributed by atoms with Gasteiger partial charge in [0.15, 0.2) is 0 Å². The molecule has 0 saturated heterocycles. The second-order valence-corrected chi connectivity index (χ2v) is 7.42. The molecule has 25 heavy (non-hydrogen) atoms. The van der Waals surface area contributed by atoms with E-state index in [-0.39, 0.29) is 11.9 Å². The maximum absolute atomic E-state index is 12.5. The number of likely N-dealkylation sites (N-methyl/N-ethyl adjacent to an activating group) is 1. The maximum Gasteiger partial charge on any atom is 0.241 e. The zero-order chi connectivity index (χ0) is 18.6. The molecule has 1 amide bonds. The third-order valence-corrected chi connectivity index (χ3v) is 5.04. The van der Waals surface area contributed by atoms with Crippen LogP contribution in [0, 0.1) is 0 Å². The molecule has 2 rings (SSSR count). The van der Waals surface area contributed by atoms with Gasteiger partial charge in [-0.1, -0.05) is 55.2 Å². The molecule has 0 bridgehead atoms. The minimum Gasteiger partial charge on any atom is -0.325 e. The molecule has 1 atom stereocenters. The fraction of sp³-hybridized carbons (Fsp3) is 0.350. The summed E-state index contributed by atoms with van der Waals surface area (Å²) in [5, 5.41) is 4.02. The summed E-state index contributed by atoms with van der Waals surface area (Å²) >= 11 is 12.0. The van der Waals surface area contributed by atoms with Crippen molar-refractivity contribution in [3.63, 3.8) is 0 Å². The Kier molecular flexibility index (Phi) is 6.88. The smallest absolute Gasteiger partial charge is 0.241 e. The molecule has 0 radical (unpaired) electrons. The highest BCUT2D eigenvalue weighted by Gasteiger charge is 2.18. The van der Waals surface area contributed by atoms with E-state index in [1.54, 1.807) is 6.07 Å². The third-order valence-electron chi connectivity index (χ3n) is 4.30. The summed E-state index contributed by atoms with van der Waals surface area (Å²) in [6, 6.07) is 13.2. The fourth-order valence-corrected chi connectivity index (χ4v) is 2.78. The van der Waals surface area contributed by atoms with Crippen molar-refractivity contribution in [3.05, 3.63) is 63.6 Å². The van der Waals surface area contributed by atoms with Crippen molar-refractivity contribution in [2.45, 2.75) is 39.3 Å². The summed E-state index contributed by atoms with van der Waals surface area (Å²) in [5.74, 6) is 0.431. The molecule has 3 nitrogen and oxygen atoms in total. The van der Waals surface area contributed by atoms with E-state index in [1.807, 2.05) is 55.3 Å². The van der Waals surface area contributed by atoms with Gasteiger partial charge in [-0.05, 0) is 55.3 Å². The average molecular weight is 379 g/mol. The number of hydrogen-bond donors (Lipinski definition) is 1. The van der Waals surface area contributed by atoms with Crippen molar-refractivity contribution in [2.75, 3.05) is 12.4 Å². The lowest BCUT2D eigenvalue weighted by atomic mass is 10.0. The highest BCUT2D eigenvalue weighted by molar-refractivity contribution is 6.42. The van der Waals surface area contributed by atoms with Crippen LogP contribution in [0.25, 0.3) is 0 Å². The zero-order valence-corrected chi connectivity index (χ0v) is 16.5. The highest BCUT2D eigenvalue weighted by Crippen LogP contribution is 2.23. The molecule has 0 aromatic heterocycles. The number of halogens is 2. The molecule has 0 unspecified atom stereocenters. The number of carbonyl (C=O) groups is 1. The van der Waals surface area contributed by atoms with E-state index < -0.39 is 0 Å². The first-order valence-electron chi connectivity index (χ1n) is 8.33. The number of benzene rings is 2. The van der Waals surface area contributed by atoms with E-state index >= 15 is 0 Å². The first-order chi connectivity index (χ1) is 11.8. The van der Waals surface area contributed by atoms with Crippen LogP contribution in [0.3, 0.4) is 0 Å². The van der Waals surface area contributed by atoms with E-state index in [4.69, 9.17) is 23.2 Å². The zero-order valence-electron chi connectivity index (χ0n) is 15.0. The van der Waals surface area contributed by atoms with Crippen molar-refractivity contribution >= 4 is 34.8 Å². The van der Waals surface area contributed by atoms with E-state index in [2.05, 4.69) is 19.2 Å². The summed E-state index contributed by atoms with van der Waals surface area (Å²) < 4.78 is 0. The van der Waals surface area contributed by atoms with Gasteiger partial charge in [0.05, 0.1) is 16.1 Å². The quantitative estimate of drug-likeness (QED) is 0.711. The lowest BCUT2D eigenvalue weighted by Gasteiger charge is -2.24. The molecule has 5 heteroatoms. The number of nitrogens with one attached hydrogen (secondary N) is 1. The lowest BCUT2D eigenvalue weighted by molar-refractivity contribution is -0.120. The van der Waals surface area contributed by atoms with Crippen molar-refractivity contribution in [2.24, 2.45) is 0 Å². The van der Waals surface area contributed by atoms with Crippen LogP contribution in [0.1, 0.15) is 37.8 Å². The summed E-state index contributed by atoms with van der Waals surface area (Å²) in [7, 11) is 1.91. The van der Waals surface area contributed by atoms with Gasteiger partial charge >= 0.3 is 0 Å². The summed E-state index contributed by atoms with van der Waals surface area (Å²) in [6.45, 7) is 6.79. The van der Waals surface area contributed by atoms with Crippen LogP contribution in [-0.4, -0.2) is 23.9 Å². The number of hydrogen-bond acceptors (Lipinski definition) is 2. The Morgan fingerprint density at radius 1 is 1.04 bits per heavy atom. The molecule has 0 aliphatic heterocycles. The van der Waals surface area contributed by atoms with Crippen molar-refractivity contribution in [3.8, 4) is 0 Å². The first kappa shape index (κ1) is 19.8. The normalized spacial score (nSPS) is 12.5. The molecule has 0 fully saturated rings. The van der Waals surface area contributed by atoms with Crippen molar-refractivity contribution in [1.82, 2.24) is 4.90 Å². The largest absolute Gasteiger partial charge is 0.325 e. The summed E-state index contributed by atoms with van der Waals surface area (Å²) in [5.41, 5.74) is 3.07. The molecule has 2 aromatic carbocycles. The van der Waals surface area contributed by atoms with E-state index in [0.717, 1.165) is 11.3 Å². The van der Waals surface area contributed by atoms with Gasteiger partial charge in [-0.15, -0.1) is 0 Å². The predicted octanol–water partition coefficient (Wildman–Crippen LogP) is 5.58. The molecule has 2 aromatic rings. The Morgan fingerprint density at radius 3 is 2.24 bits per heavy atom. The Hall–Kier alpha value is -1.55. The molecule has 134 valence electrons. The van der Waals surface area contributed by atoms with Gasteiger partial charge in [-0.3, -0.25) is 9.69 Å². The van der Waals surface area contributed by atoms with Crippen LogP contribution in [0.2, 0.25) is 10.0 Å². The third kappa shape index (κ3) is 5.46. The predicted molar refractivity (Wildman–Crippen MR) is 107 cm³/mol. The Labute approximate surface area is 159 Å². The standard InChI is InChI=1S/C20H24Cl2N2O/c1-13(2)16-6-8-17(9-7-16)23-20(25)14(3)24(4)12-15-5-10-18(21)19(22)11-15/h5-11,13-14H,12H2,1-4H3,(H,23,25)/t14-/m0/s1. The average Bonchev–Trinajstić information content (AvgIpc) is 2.57.